The second kappa shape index (κ2) is 10.5. The van der Waals surface area contributed by atoms with Crippen LogP contribution in [-0.4, -0.2) is 36.7 Å². The molecule has 0 bridgehead atoms. The highest BCUT2D eigenvalue weighted by Gasteiger charge is 2.41. The first-order valence-corrected chi connectivity index (χ1v) is 11.8. The predicted molar refractivity (Wildman–Crippen MR) is 130 cm³/mol. The lowest BCUT2D eigenvalue weighted by Gasteiger charge is -2.36. The summed E-state index contributed by atoms with van der Waals surface area (Å²) < 4.78 is 10.8. The number of hydrogen-bond donors (Lipinski definition) is 2. The second-order valence-corrected chi connectivity index (χ2v) is 8.93. The van der Waals surface area contributed by atoms with Crippen LogP contribution in [0.3, 0.4) is 0 Å². The molecular weight excluding hydrogens is 454 g/mol. The summed E-state index contributed by atoms with van der Waals surface area (Å²) in [6.07, 6.45) is 0.976. The third-order valence-electron chi connectivity index (χ3n) is 6.28. The van der Waals surface area contributed by atoms with Gasteiger partial charge >= 0.3 is 5.97 Å². The van der Waals surface area contributed by atoms with Gasteiger partial charge in [-0.15, -0.1) is 0 Å². The van der Waals surface area contributed by atoms with Crippen molar-refractivity contribution >= 4 is 23.4 Å². The molecule has 7 heteroatoms. The van der Waals surface area contributed by atoms with Crippen molar-refractivity contribution in [1.29, 1.82) is 0 Å². The Morgan fingerprint density at radius 2 is 1.74 bits per heavy atom. The number of nitrogens with one attached hydrogen (secondary N) is 1. The average molecular weight is 482 g/mol. The third kappa shape index (κ3) is 5.03. The number of carbonyl (C=O) groups excluding carboxylic acids is 2. The maximum absolute atomic E-state index is 13.5. The van der Waals surface area contributed by atoms with Gasteiger partial charge in [-0.3, -0.25) is 4.79 Å². The Hall–Kier alpha value is -3.09. The molecule has 6 nitrogen and oxygen atoms in total. The first-order chi connectivity index (χ1) is 16.4. The van der Waals surface area contributed by atoms with E-state index in [4.69, 9.17) is 21.1 Å². The zero-order valence-electron chi connectivity index (χ0n) is 19.3. The highest BCUT2D eigenvalue weighted by molar-refractivity contribution is 6.30. The molecule has 1 aliphatic heterocycles. The van der Waals surface area contributed by atoms with Crippen molar-refractivity contribution in [2.45, 2.75) is 38.5 Å². The van der Waals surface area contributed by atoms with Crippen molar-refractivity contribution in [2.24, 2.45) is 0 Å². The predicted octanol–water partition coefficient (Wildman–Crippen LogP) is 4.99. The topological polar surface area (TPSA) is 84.9 Å². The van der Waals surface area contributed by atoms with Crippen molar-refractivity contribution in [3.63, 3.8) is 0 Å². The van der Waals surface area contributed by atoms with E-state index in [0.717, 1.165) is 16.8 Å². The minimum Gasteiger partial charge on any atom is -0.508 e. The van der Waals surface area contributed by atoms with Crippen LogP contribution in [0.2, 0.25) is 5.02 Å². The molecule has 1 heterocycles. The summed E-state index contributed by atoms with van der Waals surface area (Å²) in [4.78, 5) is 26.7. The van der Waals surface area contributed by atoms with Crippen LogP contribution in [0.1, 0.15) is 49.7 Å². The van der Waals surface area contributed by atoms with Gasteiger partial charge in [-0.25, -0.2) is 4.79 Å². The van der Waals surface area contributed by atoms with Crippen LogP contribution in [0.5, 0.6) is 5.75 Å². The maximum Gasteiger partial charge on any atom is 0.336 e. The van der Waals surface area contributed by atoms with Crippen LogP contribution in [0.4, 0.5) is 0 Å². The molecule has 178 valence electrons. The number of rotatable bonds is 7. The summed E-state index contributed by atoms with van der Waals surface area (Å²) in [6, 6.07) is 14.2. The van der Waals surface area contributed by atoms with E-state index in [2.05, 4.69) is 5.32 Å². The molecule has 0 saturated heterocycles. The first-order valence-electron chi connectivity index (χ1n) is 11.4. The number of ether oxygens (including phenoxy) is 2. The number of Topliss-reactive ketones (excluding diaryl/α,β-unsaturated/α-hetero) is 1. The molecule has 2 aromatic carbocycles. The summed E-state index contributed by atoms with van der Waals surface area (Å²) in [5, 5.41) is 13.8. The molecule has 0 aromatic heterocycles. The first kappa shape index (κ1) is 24.0. The average Bonchev–Trinajstić information content (AvgIpc) is 2.81. The highest BCUT2D eigenvalue weighted by Crippen LogP contribution is 2.46. The monoisotopic (exact) mass is 481 g/mol. The number of dihydropyridines is 1. The van der Waals surface area contributed by atoms with Gasteiger partial charge in [0.2, 0.25) is 0 Å². The molecular formula is C27H28ClNO5. The van der Waals surface area contributed by atoms with Gasteiger partial charge in [-0.2, -0.15) is 0 Å². The summed E-state index contributed by atoms with van der Waals surface area (Å²) in [6.45, 7) is 4.68. The molecule has 4 rings (SSSR count). The van der Waals surface area contributed by atoms with Gasteiger partial charge in [-0.05, 0) is 61.6 Å². The van der Waals surface area contributed by atoms with Crippen LogP contribution in [0, 0.1) is 0 Å². The zero-order chi connectivity index (χ0) is 24.2. The van der Waals surface area contributed by atoms with E-state index in [1.165, 1.54) is 0 Å². The molecule has 0 radical (unpaired) electrons. The van der Waals surface area contributed by atoms with Gasteiger partial charge in [-0.1, -0.05) is 35.9 Å². The van der Waals surface area contributed by atoms with Gasteiger partial charge in [0.05, 0.1) is 12.2 Å². The van der Waals surface area contributed by atoms with Gasteiger partial charge in [0.15, 0.2) is 5.78 Å². The number of allylic oxidation sites excluding steroid dienone is 3. The van der Waals surface area contributed by atoms with E-state index >= 15 is 0 Å². The SMILES string of the molecule is CCOCCOC(=O)C1=C(C)NC2=C(C(=O)C[C@@H](c3ccc(Cl)cc3)C2)[C@H]1c1ccc(O)cc1. The molecule has 0 amide bonds. The number of aromatic hydroxyl groups is 1. The van der Waals surface area contributed by atoms with Crippen molar-refractivity contribution < 1.29 is 24.2 Å². The Balaban J connectivity index is 1.70. The molecule has 34 heavy (non-hydrogen) atoms. The summed E-state index contributed by atoms with van der Waals surface area (Å²) in [5.74, 6) is -0.939. The van der Waals surface area contributed by atoms with E-state index in [9.17, 15) is 14.7 Å². The number of ketones is 1. The fourth-order valence-corrected chi connectivity index (χ4v) is 4.82. The highest BCUT2D eigenvalue weighted by atomic mass is 35.5. The van der Waals surface area contributed by atoms with Gasteiger partial charge < -0.3 is 19.9 Å². The second-order valence-electron chi connectivity index (χ2n) is 8.49. The fourth-order valence-electron chi connectivity index (χ4n) is 4.70. The number of halogens is 1. The quantitative estimate of drug-likeness (QED) is 0.428. The van der Waals surface area contributed by atoms with Crippen molar-refractivity contribution in [2.75, 3.05) is 19.8 Å². The molecule has 0 spiro atoms. The van der Waals surface area contributed by atoms with E-state index in [0.29, 0.717) is 47.9 Å². The number of benzene rings is 2. The van der Waals surface area contributed by atoms with E-state index in [1.807, 2.05) is 38.1 Å². The van der Waals surface area contributed by atoms with Crippen molar-refractivity contribution in [3.8, 4) is 5.75 Å². The van der Waals surface area contributed by atoms with Crippen LogP contribution in [0.25, 0.3) is 0 Å². The van der Waals surface area contributed by atoms with Crippen LogP contribution in [0.15, 0.2) is 71.1 Å². The van der Waals surface area contributed by atoms with Crippen molar-refractivity contribution in [3.05, 3.63) is 87.2 Å². The lowest BCUT2D eigenvalue weighted by Crippen LogP contribution is -2.36. The van der Waals surface area contributed by atoms with Gasteiger partial charge in [0.25, 0.3) is 0 Å². The summed E-state index contributed by atoms with van der Waals surface area (Å²) in [7, 11) is 0. The number of phenols is 1. The number of carbonyl (C=O) groups is 2. The maximum atomic E-state index is 13.5. The molecule has 2 aromatic rings. The standard InChI is InChI=1S/C27H28ClNO5/c1-3-33-12-13-34-27(32)24-16(2)29-22-14-19(17-4-8-20(28)9-5-17)15-23(31)26(22)25(24)18-6-10-21(30)11-7-18/h4-11,19,25,29-30H,3,12-15H2,1-2H3/t19-,25-/m0/s1. The molecule has 2 aliphatic rings. The van der Waals surface area contributed by atoms with Gasteiger partial charge in [0.1, 0.15) is 12.4 Å². The fraction of sp³-hybridized carbons (Fsp3) is 0.333. The molecule has 1 aliphatic carbocycles. The lowest BCUT2D eigenvalue weighted by molar-refractivity contribution is -0.140. The molecule has 2 atom stereocenters. The van der Waals surface area contributed by atoms with Crippen LogP contribution >= 0.6 is 11.6 Å². The molecule has 2 N–H and O–H groups in total. The Morgan fingerprint density at radius 1 is 1.06 bits per heavy atom. The molecule has 0 unspecified atom stereocenters. The van der Waals surface area contributed by atoms with Crippen LogP contribution in [-0.2, 0) is 19.1 Å². The van der Waals surface area contributed by atoms with Crippen LogP contribution < -0.4 is 5.32 Å². The minimum atomic E-state index is -0.574. The van der Waals surface area contributed by atoms with Gasteiger partial charge in [0, 0.05) is 40.9 Å². The smallest absolute Gasteiger partial charge is 0.336 e. The Labute approximate surface area is 204 Å². The minimum absolute atomic E-state index is 0.0149. The Kier molecular flexibility index (Phi) is 7.39. The molecule has 0 fully saturated rings. The Morgan fingerprint density at radius 3 is 2.41 bits per heavy atom. The largest absolute Gasteiger partial charge is 0.508 e. The normalized spacial score (nSPS) is 20.1. The van der Waals surface area contributed by atoms with Crippen molar-refractivity contribution in [1.82, 2.24) is 5.32 Å². The Bertz CT molecular complexity index is 1130. The van der Waals surface area contributed by atoms with E-state index in [1.54, 1.807) is 24.3 Å². The number of esters is 1. The summed E-state index contributed by atoms with van der Waals surface area (Å²) >= 11 is 6.04. The molecule has 0 saturated carbocycles. The third-order valence-corrected chi connectivity index (χ3v) is 6.53. The van der Waals surface area contributed by atoms with E-state index in [-0.39, 0.29) is 24.1 Å². The van der Waals surface area contributed by atoms with E-state index < -0.39 is 11.9 Å². The lowest BCUT2D eigenvalue weighted by atomic mass is 9.72. The number of hydrogen-bond acceptors (Lipinski definition) is 6. The zero-order valence-corrected chi connectivity index (χ0v) is 20.0. The summed E-state index contributed by atoms with van der Waals surface area (Å²) in [5.41, 5.74) is 4.26. The number of phenolic OH excluding ortho intramolecular Hbond substituents is 1.